The van der Waals surface area contributed by atoms with Gasteiger partial charge in [0.1, 0.15) is 0 Å². The van der Waals surface area contributed by atoms with E-state index in [4.69, 9.17) is 0 Å². The van der Waals surface area contributed by atoms with Crippen molar-refractivity contribution < 1.29 is 19.8 Å². The second-order valence-electron chi connectivity index (χ2n) is 2.80. The Morgan fingerprint density at radius 3 is 2.25 bits per heavy atom. The van der Waals surface area contributed by atoms with Gasteiger partial charge >= 0.3 is 0 Å². The second kappa shape index (κ2) is 3.83. The van der Waals surface area contributed by atoms with Crippen LogP contribution < -0.4 is 0 Å². The molecule has 0 radical (unpaired) electrons. The summed E-state index contributed by atoms with van der Waals surface area (Å²) in [4.78, 5) is 0. The molecule has 0 atom stereocenters. The van der Waals surface area contributed by atoms with E-state index in [2.05, 4.69) is 49.4 Å². The molecule has 2 aromatic rings. The van der Waals surface area contributed by atoms with Crippen LogP contribution in [0.1, 0.15) is 5.56 Å². The van der Waals surface area contributed by atoms with Crippen LogP contribution in [0.25, 0.3) is 10.8 Å². The quantitative estimate of drug-likeness (QED) is 0.695. The summed E-state index contributed by atoms with van der Waals surface area (Å²) >= 11 is 0. The fourth-order valence-electron chi connectivity index (χ4n) is 1.39. The van der Waals surface area contributed by atoms with Gasteiger partial charge in [-0.05, 0) is 23.3 Å². The van der Waals surface area contributed by atoms with Gasteiger partial charge in [0.25, 0.3) is 0 Å². The molecule has 0 N–H and O–H groups in total. The third kappa shape index (κ3) is 1.57. The molecule has 0 aromatic heterocycles. The minimum atomic E-state index is 0. The van der Waals surface area contributed by atoms with Crippen LogP contribution in [0.2, 0.25) is 0 Å². The van der Waals surface area contributed by atoms with Gasteiger partial charge in [-0.25, -0.2) is 0 Å². The fraction of sp³-hybridized carbons (Fsp3) is 0.0909. The maximum Gasteiger partial charge on any atom is 0 e. The predicted octanol–water partition coefficient (Wildman–Crippen LogP) is 3.15. The van der Waals surface area contributed by atoms with Gasteiger partial charge in [-0.2, -0.15) is 0 Å². The summed E-state index contributed by atoms with van der Waals surface area (Å²) in [6, 6.07) is 14.8. The Morgan fingerprint density at radius 1 is 0.833 bits per heavy atom. The number of benzene rings is 2. The van der Waals surface area contributed by atoms with E-state index in [0.29, 0.717) is 0 Å². The van der Waals surface area contributed by atoms with Crippen molar-refractivity contribution in [3.63, 3.8) is 0 Å². The molecule has 0 nitrogen and oxygen atoms in total. The predicted molar refractivity (Wildman–Crippen MR) is 48.7 cm³/mol. The molecule has 0 fully saturated rings. The standard InChI is InChI=1S/C11H10.Os/c1-9-5-4-7-10-6-2-3-8-11(9)10;/h2-8H,1H3;. The van der Waals surface area contributed by atoms with Crippen molar-refractivity contribution in [2.45, 2.75) is 6.92 Å². The Balaban J connectivity index is 0.000000720. The van der Waals surface area contributed by atoms with Gasteiger partial charge in [-0.1, -0.05) is 42.5 Å². The number of aryl methyl sites for hydroxylation is 1. The van der Waals surface area contributed by atoms with Crippen molar-refractivity contribution >= 4 is 10.8 Å². The fourth-order valence-corrected chi connectivity index (χ4v) is 1.39. The molecule has 0 aliphatic rings. The summed E-state index contributed by atoms with van der Waals surface area (Å²) in [6.45, 7) is 2.14. The van der Waals surface area contributed by atoms with Crippen molar-refractivity contribution in [2.75, 3.05) is 0 Å². The molecule has 0 unspecified atom stereocenters. The number of hydrogen-bond donors (Lipinski definition) is 0. The van der Waals surface area contributed by atoms with E-state index in [0.717, 1.165) is 0 Å². The minimum Gasteiger partial charge on any atom is -0.0616 e. The molecule has 0 saturated heterocycles. The van der Waals surface area contributed by atoms with Crippen LogP contribution in [0.5, 0.6) is 0 Å². The second-order valence-corrected chi connectivity index (χ2v) is 2.80. The molecular formula is C11H10Os. The zero-order chi connectivity index (χ0) is 7.68. The molecule has 2 aromatic carbocycles. The van der Waals surface area contributed by atoms with E-state index in [9.17, 15) is 0 Å². The zero-order valence-electron chi connectivity index (χ0n) is 6.90. The number of fused-ring (bicyclic) bond motifs is 1. The number of hydrogen-bond acceptors (Lipinski definition) is 0. The molecule has 0 amide bonds. The summed E-state index contributed by atoms with van der Waals surface area (Å²) in [6.07, 6.45) is 0. The van der Waals surface area contributed by atoms with Crippen molar-refractivity contribution in [3.05, 3.63) is 48.0 Å². The van der Waals surface area contributed by atoms with E-state index in [1.807, 2.05) is 0 Å². The molecule has 0 aliphatic heterocycles. The minimum absolute atomic E-state index is 0. The average Bonchev–Trinajstić information content (AvgIpc) is 2.06. The van der Waals surface area contributed by atoms with Crippen molar-refractivity contribution in [2.24, 2.45) is 0 Å². The molecule has 0 saturated carbocycles. The molecule has 2 rings (SSSR count). The summed E-state index contributed by atoms with van der Waals surface area (Å²) in [7, 11) is 0. The zero-order valence-corrected chi connectivity index (χ0v) is 9.44. The van der Waals surface area contributed by atoms with Crippen molar-refractivity contribution in [3.8, 4) is 0 Å². The maximum absolute atomic E-state index is 2.16. The SMILES string of the molecule is Cc1cccc2ccccc12.[Os]. The smallest absolute Gasteiger partial charge is 0 e. The van der Waals surface area contributed by atoms with E-state index in [-0.39, 0.29) is 19.8 Å². The van der Waals surface area contributed by atoms with Crippen LogP contribution >= 0.6 is 0 Å². The summed E-state index contributed by atoms with van der Waals surface area (Å²) in [5, 5.41) is 2.68. The Kier molecular flexibility index (Phi) is 3.01. The van der Waals surface area contributed by atoms with Gasteiger partial charge in [-0.3, -0.25) is 0 Å². The van der Waals surface area contributed by atoms with Crippen LogP contribution in [-0.2, 0) is 19.8 Å². The van der Waals surface area contributed by atoms with Gasteiger partial charge in [0.05, 0.1) is 0 Å². The van der Waals surface area contributed by atoms with Crippen molar-refractivity contribution in [1.29, 1.82) is 0 Å². The summed E-state index contributed by atoms with van der Waals surface area (Å²) < 4.78 is 0. The van der Waals surface area contributed by atoms with E-state index >= 15 is 0 Å². The Bertz CT molecular complexity index is 374. The molecule has 0 aliphatic carbocycles. The van der Waals surface area contributed by atoms with Crippen LogP contribution in [0.15, 0.2) is 42.5 Å². The Hall–Kier alpha value is -0.664. The third-order valence-electron chi connectivity index (χ3n) is 2.01. The summed E-state index contributed by atoms with van der Waals surface area (Å²) in [5.41, 5.74) is 1.35. The molecule has 12 heavy (non-hydrogen) atoms. The first kappa shape index (κ1) is 9.42. The topological polar surface area (TPSA) is 0 Å². The van der Waals surface area contributed by atoms with E-state index in [1.54, 1.807) is 0 Å². The summed E-state index contributed by atoms with van der Waals surface area (Å²) in [5.74, 6) is 0. The normalized spacial score (nSPS) is 9.42. The molecule has 0 bridgehead atoms. The van der Waals surface area contributed by atoms with E-state index < -0.39 is 0 Å². The van der Waals surface area contributed by atoms with Gasteiger partial charge in [0, 0.05) is 19.8 Å². The first-order valence-corrected chi connectivity index (χ1v) is 3.82. The first-order chi connectivity index (χ1) is 5.38. The molecular weight excluding hydrogens is 322 g/mol. The molecule has 1 heteroatoms. The van der Waals surface area contributed by atoms with Crippen LogP contribution in [0.4, 0.5) is 0 Å². The number of rotatable bonds is 0. The largest absolute Gasteiger partial charge is 0.0616 e. The Labute approximate surface area is 85.7 Å². The van der Waals surface area contributed by atoms with Crippen LogP contribution in [0.3, 0.4) is 0 Å². The van der Waals surface area contributed by atoms with Crippen LogP contribution in [-0.4, -0.2) is 0 Å². The van der Waals surface area contributed by atoms with E-state index in [1.165, 1.54) is 16.3 Å². The molecule has 62 valence electrons. The molecule has 0 spiro atoms. The van der Waals surface area contributed by atoms with Gasteiger partial charge in [0.2, 0.25) is 0 Å². The van der Waals surface area contributed by atoms with Crippen molar-refractivity contribution in [1.82, 2.24) is 0 Å². The molecule has 0 heterocycles. The monoisotopic (exact) mass is 334 g/mol. The van der Waals surface area contributed by atoms with Crippen LogP contribution in [0, 0.1) is 6.92 Å². The maximum atomic E-state index is 2.16. The average molecular weight is 332 g/mol. The first-order valence-electron chi connectivity index (χ1n) is 3.82. The Morgan fingerprint density at radius 2 is 1.50 bits per heavy atom. The third-order valence-corrected chi connectivity index (χ3v) is 2.01. The van der Waals surface area contributed by atoms with Gasteiger partial charge in [0.15, 0.2) is 0 Å². The van der Waals surface area contributed by atoms with Gasteiger partial charge in [-0.15, -0.1) is 0 Å². The van der Waals surface area contributed by atoms with Gasteiger partial charge < -0.3 is 0 Å².